The molecule has 2 amide bonds. The Morgan fingerprint density at radius 2 is 2.00 bits per heavy atom. The van der Waals surface area contributed by atoms with Gasteiger partial charge in [0.15, 0.2) is 0 Å². The molecule has 26 heavy (non-hydrogen) atoms. The van der Waals surface area contributed by atoms with E-state index in [1.54, 1.807) is 29.2 Å². The Morgan fingerprint density at radius 3 is 2.85 bits per heavy atom. The number of para-hydroxylation sites is 2. The van der Waals surface area contributed by atoms with Crippen molar-refractivity contribution < 1.29 is 9.59 Å². The zero-order chi connectivity index (χ0) is 17.9. The van der Waals surface area contributed by atoms with Crippen LogP contribution < -0.4 is 10.6 Å². The van der Waals surface area contributed by atoms with Gasteiger partial charge in [0.25, 0.3) is 5.91 Å². The molecule has 2 N–H and O–H groups in total. The lowest BCUT2D eigenvalue weighted by atomic mass is 9.90. The SMILES string of the molecule is O=C1CC(CNC(=O)c2ccccc2-n2ccnn2)c2ccccc2N1. The van der Waals surface area contributed by atoms with Crippen molar-refractivity contribution in [1.29, 1.82) is 0 Å². The minimum Gasteiger partial charge on any atom is -0.351 e. The molecule has 1 atom stereocenters. The number of aromatic nitrogens is 3. The lowest BCUT2D eigenvalue weighted by molar-refractivity contribution is -0.116. The van der Waals surface area contributed by atoms with Crippen molar-refractivity contribution in [2.24, 2.45) is 0 Å². The summed E-state index contributed by atoms with van der Waals surface area (Å²) in [6.45, 7) is 0.384. The fourth-order valence-electron chi connectivity index (χ4n) is 3.20. The van der Waals surface area contributed by atoms with Gasteiger partial charge in [0.05, 0.1) is 23.6 Å². The van der Waals surface area contributed by atoms with Gasteiger partial charge in [-0.15, -0.1) is 5.10 Å². The van der Waals surface area contributed by atoms with E-state index in [1.165, 1.54) is 0 Å². The molecule has 0 bridgehead atoms. The Labute approximate surface area is 150 Å². The first-order valence-corrected chi connectivity index (χ1v) is 8.35. The van der Waals surface area contributed by atoms with Crippen molar-refractivity contribution in [3.8, 4) is 5.69 Å². The van der Waals surface area contributed by atoms with E-state index in [0.29, 0.717) is 24.2 Å². The molecule has 1 aromatic heterocycles. The molecular weight excluding hydrogens is 330 g/mol. The van der Waals surface area contributed by atoms with Crippen LogP contribution in [0.4, 0.5) is 5.69 Å². The minimum atomic E-state index is -0.209. The normalized spacial score (nSPS) is 15.8. The summed E-state index contributed by atoms with van der Waals surface area (Å²) in [7, 11) is 0. The highest BCUT2D eigenvalue weighted by atomic mass is 16.2. The van der Waals surface area contributed by atoms with E-state index < -0.39 is 0 Å². The van der Waals surface area contributed by atoms with Crippen LogP contribution in [0.5, 0.6) is 0 Å². The number of benzene rings is 2. The van der Waals surface area contributed by atoms with Crippen LogP contribution in [0.15, 0.2) is 60.9 Å². The molecule has 4 rings (SSSR count). The maximum Gasteiger partial charge on any atom is 0.253 e. The Morgan fingerprint density at radius 1 is 1.19 bits per heavy atom. The maximum atomic E-state index is 12.7. The fraction of sp³-hybridized carbons (Fsp3) is 0.158. The molecular formula is C19H17N5O2. The van der Waals surface area contributed by atoms with Gasteiger partial charge in [0, 0.05) is 24.6 Å². The summed E-state index contributed by atoms with van der Waals surface area (Å²) in [5, 5.41) is 13.6. The predicted octanol–water partition coefficient (Wildman–Crippen LogP) is 2.12. The van der Waals surface area contributed by atoms with Gasteiger partial charge >= 0.3 is 0 Å². The van der Waals surface area contributed by atoms with Crippen LogP contribution in [0, 0.1) is 0 Å². The number of hydrogen-bond acceptors (Lipinski definition) is 4. The molecule has 3 aromatic rings. The Kier molecular flexibility index (Phi) is 4.18. The van der Waals surface area contributed by atoms with E-state index in [-0.39, 0.29) is 17.7 Å². The van der Waals surface area contributed by atoms with E-state index in [0.717, 1.165) is 11.3 Å². The van der Waals surface area contributed by atoms with Crippen LogP contribution in [0.1, 0.15) is 28.3 Å². The molecule has 0 saturated carbocycles. The van der Waals surface area contributed by atoms with Crippen molar-refractivity contribution in [3.63, 3.8) is 0 Å². The summed E-state index contributed by atoms with van der Waals surface area (Å²) in [6.07, 6.45) is 3.60. The number of anilines is 1. The van der Waals surface area contributed by atoms with Gasteiger partial charge in [-0.3, -0.25) is 9.59 Å². The zero-order valence-corrected chi connectivity index (χ0v) is 13.9. The molecule has 1 aliphatic rings. The van der Waals surface area contributed by atoms with Crippen LogP contribution in [-0.4, -0.2) is 33.4 Å². The van der Waals surface area contributed by atoms with Crippen LogP contribution in [0.25, 0.3) is 5.69 Å². The van der Waals surface area contributed by atoms with Crippen molar-refractivity contribution in [2.75, 3.05) is 11.9 Å². The molecule has 2 heterocycles. The molecule has 0 radical (unpaired) electrons. The molecule has 2 aromatic carbocycles. The van der Waals surface area contributed by atoms with Gasteiger partial charge < -0.3 is 10.6 Å². The van der Waals surface area contributed by atoms with E-state index in [2.05, 4.69) is 20.9 Å². The number of hydrogen-bond donors (Lipinski definition) is 2. The first-order valence-electron chi connectivity index (χ1n) is 8.35. The molecule has 0 fully saturated rings. The van der Waals surface area contributed by atoms with E-state index >= 15 is 0 Å². The lowest BCUT2D eigenvalue weighted by Gasteiger charge is -2.25. The van der Waals surface area contributed by atoms with E-state index in [1.807, 2.05) is 36.4 Å². The lowest BCUT2D eigenvalue weighted by Crippen LogP contribution is -2.33. The molecule has 0 aliphatic carbocycles. The summed E-state index contributed by atoms with van der Waals surface area (Å²) in [6, 6.07) is 14.9. The van der Waals surface area contributed by atoms with Gasteiger partial charge in [0.1, 0.15) is 0 Å². The zero-order valence-electron chi connectivity index (χ0n) is 13.9. The molecule has 1 unspecified atom stereocenters. The van der Waals surface area contributed by atoms with Crippen molar-refractivity contribution in [3.05, 3.63) is 72.1 Å². The second-order valence-corrected chi connectivity index (χ2v) is 6.11. The summed E-state index contributed by atoms with van der Waals surface area (Å²) in [5.41, 5.74) is 3.01. The monoisotopic (exact) mass is 347 g/mol. The standard InChI is InChI=1S/C19H17N5O2/c25-18-11-13(14-5-1-3-7-16(14)22-18)12-20-19(26)15-6-2-4-8-17(15)24-10-9-21-23-24/h1-10,13H,11-12H2,(H,20,26)(H,22,25). The highest BCUT2D eigenvalue weighted by Gasteiger charge is 2.25. The van der Waals surface area contributed by atoms with Crippen LogP contribution in [-0.2, 0) is 4.79 Å². The number of carbonyl (C=O) groups is 2. The quantitative estimate of drug-likeness (QED) is 0.757. The second-order valence-electron chi connectivity index (χ2n) is 6.11. The average molecular weight is 347 g/mol. The highest BCUT2D eigenvalue weighted by Crippen LogP contribution is 2.31. The number of nitrogens with one attached hydrogen (secondary N) is 2. The summed E-state index contributed by atoms with van der Waals surface area (Å²) in [4.78, 5) is 24.6. The van der Waals surface area contributed by atoms with Crippen molar-refractivity contribution in [1.82, 2.24) is 20.3 Å². The number of nitrogens with zero attached hydrogens (tertiary/aromatic N) is 3. The first-order chi connectivity index (χ1) is 12.7. The Bertz CT molecular complexity index is 952. The second kappa shape index (κ2) is 6.79. The molecule has 1 aliphatic heterocycles. The number of rotatable bonds is 4. The molecule has 7 heteroatoms. The highest BCUT2D eigenvalue weighted by molar-refractivity contribution is 5.98. The average Bonchev–Trinajstić information content (AvgIpc) is 3.20. The molecule has 130 valence electrons. The van der Waals surface area contributed by atoms with Gasteiger partial charge in [0.2, 0.25) is 5.91 Å². The number of carbonyl (C=O) groups excluding carboxylic acids is 2. The third kappa shape index (κ3) is 3.06. The van der Waals surface area contributed by atoms with E-state index in [4.69, 9.17) is 0 Å². The smallest absolute Gasteiger partial charge is 0.253 e. The first kappa shape index (κ1) is 16.0. The number of amides is 2. The van der Waals surface area contributed by atoms with E-state index in [9.17, 15) is 9.59 Å². The molecule has 7 nitrogen and oxygen atoms in total. The Hall–Kier alpha value is -3.48. The van der Waals surface area contributed by atoms with Gasteiger partial charge in [-0.25, -0.2) is 4.68 Å². The summed E-state index contributed by atoms with van der Waals surface area (Å²) in [5.74, 6) is -0.298. The van der Waals surface area contributed by atoms with Gasteiger partial charge in [-0.2, -0.15) is 0 Å². The van der Waals surface area contributed by atoms with Gasteiger partial charge in [-0.1, -0.05) is 35.5 Å². The van der Waals surface area contributed by atoms with Crippen LogP contribution in [0.2, 0.25) is 0 Å². The predicted molar refractivity (Wildman–Crippen MR) is 96.1 cm³/mol. The number of fused-ring (bicyclic) bond motifs is 1. The van der Waals surface area contributed by atoms with Crippen molar-refractivity contribution in [2.45, 2.75) is 12.3 Å². The van der Waals surface area contributed by atoms with Crippen LogP contribution in [0.3, 0.4) is 0 Å². The summed E-state index contributed by atoms with van der Waals surface area (Å²) >= 11 is 0. The molecule has 0 saturated heterocycles. The third-order valence-corrected chi connectivity index (χ3v) is 4.43. The Balaban J connectivity index is 1.53. The fourth-order valence-corrected chi connectivity index (χ4v) is 3.20. The molecule has 0 spiro atoms. The maximum absolute atomic E-state index is 12.7. The van der Waals surface area contributed by atoms with Crippen LogP contribution >= 0.6 is 0 Å². The minimum absolute atomic E-state index is 0.0361. The van der Waals surface area contributed by atoms with Gasteiger partial charge in [-0.05, 0) is 23.8 Å². The topological polar surface area (TPSA) is 88.9 Å². The largest absolute Gasteiger partial charge is 0.351 e. The summed E-state index contributed by atoms with van der Waals surface area (Å²) < 4.78 is 1.55. The third-order valence-electron chi connectivity index (χ3n) is 4.43. The van der Waals surface area contributed by atoms with Crippen molar-refractivity contribution >= 4 is 17.5 Å².